The minimum atomic E-state index is 0.396. The van der Waals surface area contributed by atoms with Crippen molar-refractivity contribution < 1.29 is 4.74 Å². The highest BCUT2D eigenvalue weighted by Gasteiger charge is 2.26. The van der Waals surface area contributed by atoms with Gasteiger partial charge in [-0.05, 0) is 24.7 Å². The van der Waals surface area contributed by atoms with Crippen molar-refractivity contribution in [1.29, 1.82) is 0 Å². The van der Waals surface area contributed by atoms with Gasteiger partial charge in [0.05, 0.1) is 5.69 Å². The second kappa shape index (κ2) is 5.85. The normalized spacial score (nSPS) is 19.1. The molecule has 0 bridgehead atoms. The second-order valence-corrected chi connectivity index (χ2v) is 5.65. The van der Waals surface area contributed by atoms with Crippen molar-refractivity contribution in [2.45, 2.75) is 39.7 Å². The molecule has 0 unspecified atom stereocenters. The van der Waals surface area contributed by atoms with E-state index in [9.17, 15) is 0 Å². The molecule has 1 aliphatic heterocycles. The lowest BCUT2D eigenvalue weighted by atomic mass is 9.82. The summed E-state index contributed by atoms with van der Waals surface area (Å²) in [4.78, 5) is 0. The molecule has 0 amide bonds. The number of ether oxygens (including phenoxy) is 1. The average molecular weight is 251 g/mol. The van der Waals surface area contributed by atoms with E-state index in [1.54, 1.807) is 0 Å². The Labute approximate surface area is 110 Å². The predicted molar refractivity (Wildman–Crippen MR) is 72.5 cm³/mol. The number of rotatable bonds is 5. The average Bonchev–Trinajstić information content (AvgIpc) is 2.70. The van der Waals surface area contributed by atoms with Crippen molar-refractivity contribution in [2.24, 2.45) is 12.5 Å². The molecule has 1 saturated heterocycles. The van der Waals surface area contributed by atoms with Crippen molar-refractivity contribution in [3.63, 3.8) is 0 Å². The van der Waals surface area contributed by atoms with Crippen molar-refractivity contribution in [1.82, 2.24) is 15.1 Å². The summed E-state index contributed by atoms with van der Waals surface area (Å²) in [5, 5.41) is 8.06. The van der Waals surface area contributed by atoms with Crippen molar-refractivity contribution in [3.8, 4) is 0 Å². The molecule has 0 aromatic carbocycles. The van der Waals surface area contributed by atoms with Crippen LogP contribution in [0.1, 0.15) is 37.9 Å². The molecule has 18 heavy (non-hydrogen) atoms. The molecule has 1 aliphatic rings. The van der Waals surface area contributed by atoms with Crippen LogP contribution >= 0.6 is 0 Å². The largest absolute Gasteiger partial charge is 0.381 e. The van der Waals surface area contributed by atoms with Gasteiger partial charge in [0.25, 0.3) is 0 Å². The predicted octanol–water partition coefficient (Wildman–Crippen LogP) is 1.89. The molecule has 1 fully saturated rings. The zero-order chi connectivity index (χ0) is 13.0. The Balaban J connectivity index is 1.84. The Kier molecular flexibility index (Phi) is 4.40. The van der Waals surface area contributed by atoms with Crippen LogP contribution in [0, 0.1) is 5.41 Å². The van der Waals surface area contributed by atoms with Crippen LogP contribution in [0.2, 0.25) is 0 Å². The second-order valence-electron chi connectivity index (χ2n) is 5.65. The molecule has 0 atom stereocenters. The van der Waals surface area contributed by atoms with E-state index in [4.69, 9.17) is 4.74 Å². The van der Waals surface area contributed by atoms with E-state index < -0.39 is 0 Å². The van der Waals surface area contributed by atoms with Gasteiger partial charge >= 0.3 is 0 Å². The highest BCUT2D eigenvalue weighted by molar-refractivity contribution is 5.16. The fraction of sp³-hybridized carbons (Fsp3) is 0.786. The molecular formula is C14H25N3O. The van der Waals surface area contributed by atoms with Gasteiger partial charge in [-0.25, -0.2) is 0 Å². The lowest BCUT2D eigenvalue weighted by Crippen LogP contribution is -2.36. The molecule has 0 spiro atoms. The van der Waals surface area contributed by atoms with E-state index >= 15 is 0 Å². The van der Waals surface area contributed by atoms with Crippen LogP contribution < -0.4 is 5.32 Å². The Morgan fingerprint density at radius 3 is 2.83 bits per heavy atom. The van der Waals surface area contributed by atoms with Gasteiger partial charge in [-0.1, -0.05) is 13.8 Å². The van der Waals surface area contributed by atoms with Crippen LogP contribution in [0.25, 0.3) is 0 Å². The van der Waals surface area contributed by atoms with Gasteiger partial charge in [0.1, 0.15) is 0 Å². The Morgan fingerprint density at radius 1 is 1.44 bits per heavy atom. The van der Waals surface area contributed by atoms with Gasteiger partial charge in [-0.2, -0.15) is 5.10 Å². The summed E-state index contributed by atoms with van der Waals surface area (Å²) in [5.74, 6) is 0. The summed E-state index contributed by atoms with van der Waals surface area (Å²) in [7, 11) is 1.99. The number of hydrogen-bond acceptors (Lipinski definition) is 3. The Bertz CT molecular complexity index is 380. The topological polar surface area (TPSA) is 39.1 Å². The summed E-state index contributed by atoms with van der Waals surface area (Å²) in [6.45, 7) is 8.32. The third kappa shape index (κ3) is 3.33. The minimum Gasteiger partial charge on any atom is -0.381 e. The molecule has 0 radical (unpaired) electrons. The third-order valence-corrected chi connectivity index (χ3v) is 3.89. The van der Waals surface area contributed by atoms with Gasteiger partial charge in [0.2, 0.25) is 0 Å². The van der Waals surface area contributed by atoms with Crippen molar-refractivity contribution in [3.05, 3.63) is 17.5 Å². The fourth-order valence-electron chi connectivity index (χ4n) is 2.57. The smallest absolute Gasteiger partial charge is 0.0666 e. The van der Waals surface area contributed by atoms with Gasteiger partial charge in [0, 0.05) is 45.1 Å². The molecule has 0 aliphatic carbocycles. The molecule has 2 rings (SSSR count). The summed E-state index contributed by atoms with van der Waals surface area (Å²) in [6, 6.07) is 0. The van der Waals surface area contributed by atoms with Gasteiger partial charge < -0.3 is 10.1 Å². The SMILES string of the molecule is CCc1nn(C)cc1CNCC1(C)CCOCC1. The zero-order valence-corrected chi connectivity index (χ0v) is 11.8. The zero-order valence-electron chi connectivity index (χ0n) is 11.8. The summed E-state index contributed by atoms with van der Waals surface area (Å²) in [6.07, 6.45) is 5.45. The Hall–Kier alpha value is -0.870. The van der Waals surface area contributed by atoms with Crippen LogP contribution in [-0.2, 0) is 24.8 Å². The van der Waals surface area contributed by atoms with E-state index in [1.807, 2.05) is 11.7 Å². The monoisotopic (exact) mass is 251 g/mol. The summed E-state index contributed by atoms with van der Waals surface area (Å²) < 4.78 is 7.34. The molecular weight excluding hydrogens is 226 g/mol. The van der Waals surface area contributed by atoms with Crippen LogP contribution in [0.4, 0.5) is 0 Å². The van der Waals surface area contributed by atoms with E-state index in [0.717, 1.165) is 45.6 Å². The number of aryl methyl sites for hydroxylation is 2. The maximum Gasteiger partial charge on any atom is 0.0666 e. The van der Waals surface area contributed by atoms with E-state index in [2.05, 4.69) is 30.5 Å². The first-order valence-electron chi connectivity index (χ1n) is 6.93. The summed E-state index contributed by atoms with van der Waals surface area (Å²) >= 11 is 0. The maximum absolute atomic E-state index is 5.43. The lowest BCUT2D eigenvalue weighted by Gasteiger charge is -2.33. The molecule has 1 aromatic heterocycles. The van der Waals surface area contributed by atoms with Crippen molar-refractivity contribution >= 4 is 0 Å². The molecule has 1 aromatic rings. The first-order chi connectivity index (χ1) is 8.63. The molecule has 0 saturated carbocycles. The minimum absolute atomic E-state index is 0.396. The van der Waals surface area contributed by atoms with Crippen LogP contribution in [0.3, 0.4) is 0 Å². The molecule has 4 heteroatoms. The third-order valence-electron chi connectivity index (χ3n) is 3.89. The first kappa shape index (κ1) is 13.6. The standard InChI is InChI=1S/C14H25N3O/c1-4-13-12(10-17(3)16-13)9-15-11-14(2)5-7-18-8-6-14/h10,15H,4-9,11H2,1-3H3. The van der Waals surface area contributed by atoms with Crippen LogP contribution in [0.15, 0.2) is 6.20 Å². The van der Waals surface area contributed by atoms with Gasteiger partial charge in [-0.15, -0.1) is 0 Å². The maximum atomic E-state index is 5.43. The van der Waals surface area contributed by atoms with E-state index in [0.29, 0.717) is 5.41 Å². The van der Waals surface area contributed by atoms with Crippen molar-refractivity contribution in [2.75, 3.05) is 19.8 Å². The highest BCUT2D eigenvalue weighted by atomic mass is 16.5. The quantitative estimate of drug-likeness (QED) is 0.868. The lowest BCUT2D eigenvalue weighted by molar-refractivity contribution is 0.0240. The first-order valence-corrected chi connectivity index (χ1v) is 6.93. The summed E-state index contributed by atoms with van der Waals surface area (Å²) in [5.41, 5.74) is 2.94. The van der Waals surface area contributed by atoms with Gasteiger partial charge in [0.15, 0.2) is 0 Å². The molecule has 2 heterocycles. The molecule has 102 valence electrons. The van der Waals surface area contributed by atoms with Crippen LogP contribution in [0.5, 0.6) is 0 Å². The molecule has 4 nitrogen and oxygen atoms in total. The number of hydrogen-bond donors (Lipinski definition) is 1. The van der Waals surface area contributed by atoms with E-state index in [-0.39, 0.29) is 0 Å². The number of nitrogens with zero attached hydrogens (tertiary/aromatic N) is 2. The van der Waals surface area contributed by atoms with Crippen LogP contribution in [-0.4, -0.2) is 29.5 Å². The fourth-order valence-corrected chi connectivity index (χ4v) is 2.57. The highest BCUT2D eigenvalue weighted by Crippen LogP contribution is 2.28. The van der Waals surface area contributed by atoms with E-state index in [1.165, 1.54) is 11.3 Å². The Morgan fingerprint density at radius 2 is 2.17 bits per heavy atom. The van der Waals surface area contributed by atoms with Gasteiger partial charge in [-0.3, -0.25) is 4.68 Å². The molecule has 1 N–H and O–H groups in total. The number of aromatic nitrogens is 2. The number of nitrogens with one attached hydrogen (secondary N) is 1.